The second-order valence-corrected chi connectivity index (χ2v) is 8.69. The minimum Gasteiger partial charge on any atom is -0.488 e. The van der Waals surface area contributed by atoms with Gasteiger partial charge in [0.15, 0.2) is 0 Å². The van der Waals surface area contributed by atoms with Crippen molar-refractivity contribution in [2.24, 2.45) is 5.10 Å². The van der Waals surface area contributed by atoms with E-state index in [1.807, 2.05) is 84.9 Å². The van der Waals surface area contributed by atoms with Crippen LogP contribution in [0, 0.1) is 0 Å². The molecule has 0 saturated heterocycles. The van der Waals surface area contributed by atoms with Crippen molar-refractivity contribution in [1.82, 2.24) is 10.7 Å². The van der Waals surface area contributed by atoms with E-state index in [-0.39, 0.29) is 18.2 Å². The lowest BCUT2D eigenvalue weighted by Gasteiger charge is -2.18. The number of hydrazone groups is 1. The Bertz CT molecular complexity index is 1360. The molecule has 37 heavy (non-hydrogen) atoms. The lowest BCUT2D eigenvalue weighted by atomic mass is 10.0. The maximum Gasteiger partial charge on any atom is 0.251 e. The summed E-state index contributed by atoms with van der Waals surface area (Å²) in [5.41, 5.74) is 5.56. The number of nitrogens with zero attached hydrogens (tertiary/aromatic N) is 1. The van der Waals surface area contributed by atoms with E-state index < -0.39 is 6.04 Å². The van der Waals surface area contributed by atoms with Crippen LogP contribution in [0.1, 0.15) is 39.5 Å². The topological polar surface area (TPSA) is 79.8 Å². The highest BCUT2D eigenvalue weighted by Crippen LogP contribution is 2.20. The molecule has 4 aromatic rings. The van der Waals surface area contributed by atoms with E-state index in [9.17, 15) is 9.59 Å². The summed E-state index contributed by atoms with van der Waals surface area (Å²) in [6.07, 6.45) is 1.55. The summed E-state index contributed by atoms with van der Waals surface area (Å²) in [4.78, 5) is 25.5. The second-order valence-electron chi connectivity index (χ2n) is 8.26. The van der Waals surface area contributed by atoms with Crippen molar-refractivity contribution in [2.45, 2.75) is 19.1 Å². The van der Waals surface area contributed by atoms with Crippen LogP contribution in [0.15, 0.2) is 114 Å². The minimum atomic E-state index is -0.516. The molecular formula is C30H26ClN3O3. The monoisotopic (exact) mass is 511 g/mol. The van der Waals surface area contributed by atoms with Crippen molar-refractivity contribution < 1.29 is 14.3 Å². The van der Waals surface area contributed by atoms with E-state index in [0.29, 0.717) is 28.5 Å². The zero-order valence-electron chi connectivity index (χ0n) is 20.0. The first kappa shape index (κ1) is 25.7. The molecule has 0 unspecified atom stereocenters. The number of ether oxygens (including phenoxy) is 1. The van der Waals surface area contributed by atoms with Crippen LogP contribution in [-0.2, 0) is 11.4 Å². The summed E-state index contributed by atoms with van der Waals surface area (Å²) >= 11 is 6.05. The molecule has 0 aliphatic heterocycles. The number of nitrogens with one attached hydrogen (secondary N) is 2. The van der Waals surface area contributed by atoms with Gasteiger partial charge in [0.25, 0.3) is 5.91 Å². The van der Waals surface area contributed by atoms with Gasteiger partial charge in [-0.05, 0) is 47.5 Å². The van der Waals surface area contributed by atoms with Gasteiger partial charge in [-0.15, -0.1) is 0 Å². The number of hydrogen-bond donors (Lipinski definition) is 2. The number of halogens is 1. The number of carbonyl (C=O) groups excluding carboxylic acids is 2. The average Bonchev–Trinajstić information content (AvgIpc) is 2.93. The van der Waals surface area contributed by atoms with E-state index in [2.05, 4.69) is 15.8 Å². The van der Waals surface area contributed by atoms with E-state index in [0.717, 1.165) is 11.1 Å². The Labute approximate surface area is 220 Å². The zero-order valence-corrected chi connectivity index (χ0v) is 20.8. The number of carbonyl (C=O) groups is 2. The first-order chi connectivity index (χ1) is 18.1. The van der Waals surface area contributed by atoms with Gasteiger partial charge in [-0.3, -0.25) is 9.59 Å². The summed E-state index contributed by atoms with van der Waals surface area (Å²) in [6, 6.07) is 32.6. The van der Waals surface area contributed by atoms with Crippen LogP contribution in [0.4, 0.5) is 0 Å². The summed E-state index contributed by atoms with van der Waals surface area (Å²) in [6.45, 7) is 0.345. The van der Waals surface area contributed by atoms with Gasteiger partial charge in [0, 0.05) is 16.1 Å². The molecule has 0 aliphatic rings. The average molecular weight is 512 g/mol. The van der Waals surface area contributed by atoms with Crippen LogP contribution in [0.25, 0.3) is 0 Å². The van der Waals surface area contributed by atoms with E-state index in [4.69, 9.17) is 16.3 Å². The van der Waals surface area contributed by atoms with E-state index in [1.54, 1.807) is 24.3 Å². The quantitative estimate of drug-likeness (QED) is 0.204. The van der Waals surface area contributed by atoms with Crippen LogP contribution < -0.4 is 15.5 Å². The van der Waals surface area contributed by atoms with Crippen LogP contribution >= 0.6 is 11.6 Å². The van der Waals surface area contributed by atoms with Gasteiger partial charge < -0.3 is 10.1 Å². The maximum absolute atomic E-state index is 12.7. The first-order valence-corrected chi connectivity index (χ1v) is 12.2. The summed E-state index contributed by atoms with van der Waals surface area (Å²) in [5.74, 6) is 0.0325. The molecule has 0 aromatic heterocycles. The predicted octanol–water partition coefficient (Wildman–Crippen LogP) is 5.93. The van der Waals surface area contributed by atoms with Gasteiger partial charge in [-0.2, -0.15) is 5.10 Å². The second kappa shape index (κ2) is 13.0. The molecule has 2 N–H and O–H groups in total. The molecule has 186 valence electrons. The summed E-state index contributed by atoms with van der Waals surface area (Å²) < 4.78 is 5.93. The van der Waals surface area contributed by atoms with Gasteiger partial charge >= 0.3 is 0 Å². The molecule has 0 saturated carbocycles. The van der Waals surface area contributed by atoms with Crippen molar-refractivity contribution in [1.29, 1.82) is 0 Å². The Hall–Kier alpha value is -4.42. The van der Waals surface area contributed by atoms with Gasteiger partial charge in [0.05, 0.1) is 18.7 Å². The molecule has 1 atom stereocenters. The fourth-order valence-corrected chi connectivity index (χ4v) is 3.89. The minimum absolute atomic E-state index is 0.0207. The zero-order chi connectivity index (χ0) is 25.9. The maximum atomic E-state index is 12.7. The smallest absolute Gasteiger partial charge is 0.251 e. The third-order valence-corrected chi connectivity index (χ3v) is 5.76. The van der Waals surface area contributed by atoms with Crippen molar-refractivity contribution in [3.05, 3.63) is 136 Å². The Morgan fingerprint density at radius 3 is 2.32 bits per heavy atom. The van der Waals surface area contributed by atoms with Crippen LogP contribution in [0.2, 0.25) is 5.02 Å². The molecule has 2 amide bonds. The molecule has 0 aliphatic carbocycles. The van der Waals surface area contributed by atoms with Crippen molar-refractivity contribution >= 4 is 29.6 Å². The van der Waals surface area contributed by atoms with Crippen molar-refractivity contribution in [2.75, 3.05) is 0 Å². The largest absolute Gasteiger partial charge is 0.488 e. The lowest BCUT2D eigenvalue weighted by Crippen LogP contribution is -2.32. The normalized spacial score (nSPS) is 11.6. The molecule has 0 spiro atoms. The summed E-state index contributed by atoms with van der Waals surface area (Å²) in [5, 5.41) is 7.72. The first-order valence-electron chi connectivity index (χ1n) is 11.8. The fraction of sp³-hybridized carbons (Fsp3) is 0.100. The molecule has 0 radical (unpaired) electrons. The molecule has 6 nitrogen and oxygen atoms in total. The van der Waals surface area contributed by atoms with E-state index in [1.165, 1.54) is 6.21 Å². The van der Waals surface area contributed by atoms with E-state index >= 15 is 0 Å². The standard InChI is InChI=1S/C30H26ClN3O3/c31-26-16-9-10-22(18-26)21-37-28-17-8-7-15-25(28)20-32-34-29(35)19-27(23-11-3-1-4-12-23)33-30(36)24-13-5-2-6-14-24/h1-18,20,27H,19,21H2,(H,33,36)(H,34,35)/b32-20-/t27-/m1/s1. The van der Waals surface area contributed by atoms with Crippen LogP contribution in [-0.4, -0.2) is 18.0 Å². The Balaban J connectivity index is 1.38. The van der Waals surface area contributed by atoms with Crippen LogP contribution in [0.5, 0.6) is 5.75 Å². The predicted molar refractivity (Wildman–Crippen MR) is 146 cm³/mol. The van der Waals surface area contributed by atoms with Gasteiger partial charge in [0.2, 0.25) is 5.91 Å². The highest BCUT2D eigenvalue weighted by Gasteiger charge is 2.19. The van der Waals surface area contributed by atoms with Gasteiger partial charge in [0.1, 0.15) is 12.4 Å². The third-order valence-electron chi connectivity index (χ3n) is 5.53. The van der Waals surface area contributed by atoms with Crippen molar-refractivity contribution in [3.63, 3.8) is 0 Å². The lowest BCUT2D eigenvalue weighted by molar-refractivity contribution is -0.121. The number of benzene rings is 4. The molecule has 7 heteroatoms. The highest BCUT2D eigenvalue weighted by atomic mass is 35.5. The molecular weight excluding hydrogens is 486 g/mol. The fourth-order valence-electron chi connectivity index (χ4n) is 3.68. The molecule has 0 bridgehead atoms. The molecule has 4 aromatic carbocycles. The van der Waals surface area contributed by atoms with Gasteiger partial charge in [-0.1, -0.05) is 84.4 Å². The van der Waals surface area contributed by atoms with Gasteiger partial charge in [-0.25, -0.2) is 5.43 Å². The molecule has 0 fully saturated rings. The highest BCUT2D eigenvalue weighted by molar-refractivity contribution is 6.30. The Kier molecular flexibility index (Phi) is 9.05. The summed E-state index contributed by atoms with van der Waals surface area (Å²) in [7, 11) is 0. The SMILES string of the molecule is O=C(C[C@@H](NC(=O)c1ccccc1)c1ccccc1)N/N=C\c1ccccc1OCc1cccc(Cl)c1. The number of para-hydroxylation sites is 1. The third kappa shape index (κ3) is 7.78. The van der Waals surface area contributed by atoms with Crippen molar-refractivity contribution in [3.8, 4) is 5.75 Å². The Morgan fingerprint density at radius 2 is 1.57 bits per heavy atom. The number of rotatable bonds is 10. The Morgan fingerprint density at radius 1 is 0.865 bits per heavy atom. The van der Waals surface area contributed by atoms with Crippen LogP contribution in [0.3, 0.4) is 0 Å². The number of amides is 2. The number of hydrogen-bond acceptors (Lipinski definition) is 4. The molecule has 0 heterocycles. The molecule has 4 rings (SSSR count).